The minimum atomic E-state index is -1.25. The van der Waals surface area contributed by atoms with Crippen molar-refractivity contribution < 1.29 is 28.7 Å². The molecule has 1 aromatic carbocycles. The maximum Gasteiger partial charge on any atom is 0.494 e. The topological polar surface area (TPSA) is 76.0 Å². The summed E-state index contributed by atoms with van der Waals surface area (Å²) in [6.45, 7) is 7.97. The van der Waals surface area contributed by atoms with Gasteiger partial charge in [-0.1, -0.05) is 33.8 Å². The van der Waals surface area contributed by atoms with E-state index < -0.39 is 12.9 Å². The molecule has 1 aliphatic rings. The second kappa shape index (κ2) is 13.5. The monoisotopic (exact) mass is 302 g/mol. The number of hydrogen-bond donors (Lipinski definition) is 2. The van der Waals surface area contributed by atoms with Gasteiger partial charge in [0.15, 0.2) is 17.9 Å². The molecule has 1 heterocycles. The van der Waals surface area contributed by atoms with Crippen molar-refractivity contribution in [1.29, 1.82) is 0 Å². The smallest absolute Gasteiger partial charge is 0.483 e. The third-order valence-corrected chi connectivity index (χ3v) is 2.19. The lowest BCUT2D eigenvalue weighted by Crippen LogP contribution is -2.31. The second-order valence-corrected chi connectivity index (χ2v) is 3.09. The molecule has 0 bridgehead atoms. The first-order valence-corrected chi connectivity index (χ1v) is 6.86. The Morgan fingerprint density at radius 2 is 1.90 bits per heavy atom. The van der Waals surface area contributed by atoms with Gasteiger partial charge < -0.3 is 19.5 Å². The number of fused-ring (bicyclic) bond motifs is 1. The highest BCUT2D eigenvalue weighted by atomic mass is 19.1. The SMILES string of the molecule is CC.CC.CO.O=CCOc1ccc2c(c1F)B(O)OC2. The minimum absolute atomic E-state index is 0.0506. The molecule has 1 aromatic rings. The zero-order valence-electron chi connectivity index (χ0n) is 13.2. The Kier molecular flexibility index (Phi) is 14.1. The molecule has 0 aliphatic carbocycles. The zero-order valence-corrected chi connectivity index (χ0v) is 13.2. The third kappa shape index (κ3) is 6.24. The van der Waals surface area contributed by atoms with Crippen LogP contribution >= 0.6 is 0 Å². The molecule has 0 atom stereocenters. The van der Waals surface area contributed by atoms with Gasteiger partial charge >= 0.3 is 7.12 Å². The van der Waals surface area contributed by atoms with E-state index in [0.717, 1.165) is 7.11 Å². The molecule has 0 amide bonds. The molecule has 7 heteroatoms. The summed E-state index contributed by atoms with van der Waals surface area (Å²) >= 11 is 0. The molecule has 120 valence electrons. The van der Waals surface area contributed by atoms with Crippen LogP contribution in [0, 0.1) is 5.82 Å². The Morgan fingerprint density at radius 1 is 1.33 bits per heavy atom. The van der Waals surface area contributed by atoms with Crippen molar-refractivity contribution in [3.63, 3.8) is 0 Å². The minimum Gasteiger partial charge on any atom is -0.483 e. The fraction of sp³-hybridized carbons (Fsp3) is 0.500. The lowest BCUT2D eigenvalue weighted by molar-refractivity contribution is -0.109. The maximum atomic E-state index is 13.7. The quantitative estimate of drug-likeness (QED) is 0.650. The third-order valence-electron chi connectivity index (χ3n) is 2.19. The van der Waals surface area contributed by atoms with Gasteiger partial charge in [0.25, 0.3) is 0 Å². The molecule has 21 heavy (non-hydrogen) atoms. The van der Waals surface area contributed by atoms with Crippen LogP contribution in [-0.4, -0.2) is 37.3 Å². The number of halogens is 1. The van der Waals surface area contributed by atoms with E-state index in [-0.39, 0.29) is 24.4 Å². The normalized spacial score (nSPS) is 10.8. The number of hydrogen-bond acceptors (Lipinski definition) is 5. The first kappa shape index (κ1) is 21.9. The molecule has 2 N–H and O–H groups in total. The van der Waals surface area contributed by atoms with Crippen LogP contribution in [0.2, 0.25) is 0 Å². The van der Waals surface area contributed by atoms with E-state index in [4.69, 9.17) is 14.5 Å². The summed E-state index contributed by atoms with van der Waals surface area (Å²) in [6, 6.07) is 3.02. The lowest BCUT2D eigenvalue weighted by Gasteiger charge is -2.07. The first-order valence-electron chi connectivity index (χ1n) is 6.86. The van der Waals surface area contributed by atoms with Gasteiger partial charge in [-0.2, -0.15) is 0 Å². The number of carbonyl (C=O) groups excluding carboxylic acids is 1. The molecule has 0 radical (unpaired) electrons. The van der Waals surface area contributed by atoms with Crippen molar-refractivity contribution in [3.8, 4) is 5.75 Å². The van der Waals surface area contributed by atoms with Crippen molar-refractivity contribution >= 4 is 18.9 Å². The van der Waals surface area contributed by atoms with E-state index in [1.165, 1.54) is 6.07 Å². The van der Waals surface area contributed by atoms with Crippen molar-refractivity contribution in [2.75, 3.05) is 13.7 Å². The van der Waals surface area contributed by atoms with Gasteiger partial charge in [-0.25, -0.2) is 4.39 Å². The molecular weight excluding hydrogens is 278 g/mol. The van der Waals surface area contributed by atoms with Gasteiger partial charge in [-0.15, -0.1) is 0 Å². The number of aliphatic hydroxyl groups excluding tert-OH is 1. The van der Waals surface area contributed by atoms with Crippen LogP contribution in [-0.2, 0) is 16.1 Å². The van der Waals surface area contributed by atoms with Gasteiger partial charge in [0.1, 0.15) is 6.61 Å². The van der Waals surface area contributed by atoms with Crippen LogP contribution < -0.4 is 10.2 Å². The van der Waals surface area contributed by atoms with E-state index in [1.807, 2.05) is 27.7 Å². The van der Waals surface area contributed by atoms with Crippen LogP contribution in [0.25, 0.3) is 0 Å². The van der Waals surface area contributed by atoms with E-state index in [9.17, 15) is 14.2 Å². The van der Waals surface area contributed by atoms with Gasteiger partial charge in [0, 0.05) is 12.6 Å². The van der Waals surface area contributed by atoms with Crippen molar-refractivity contribution in [3.05, 3.63) is 23.5 Å². The summed E-state index contributed by atoms with van der Waals surface area (Å²) in [7, 11) is -0.250. The average molecular weight is 302 g/mol. The second-order valence-electron chi connectivity index (χ2n) is 3.09. The average Bonchev–Trinajstić information content (AvgIpc) is 2.94. The molecule has 0 unspecified atom stereocenters. The fourth-order valence-corrected chi connectivity index (χ4v) is 1.49. The van der Waals surface area contributed by atoms with Crippen LogP contribution in [0.15, 0.2) is 12.1 Å². The largest absolute Gasteiger partial charge is 0.494 e. The Morgan fingerprint density at radius 3 is 2.43 bits per heavy atom. The van der Waals surface area contributed by atoms with Crippen LogP contribution in [0.3, 0.4) is 0 Å². The van der Waals surface area contributed by atoms with Crippen LogP contribution in [0.1, 0.15) is 33.3 Å². The highest BCUT2D eigenvalue weighted by Gasteiger charge is 2.32. The molecule has 1 aliphatic heterocycles. The molecule has 0 saturated heterocycles. The lowest BCUT2D eigenvalue weighted by atomic mass is 9.79. The van der Waals surface area contributed by atoms with E-state index in [1.54, 1.807) is 6.07 Å². The fourth-order valence-electron chi connectivity index (χ4n) is 1.49. The van der Waals surface area contributed by atoms with Gasteiger partial charge in [0.05, 0.1) is 6.61 Å². The summed E-state index contributed by atoms with van der Waals surface area (Å²) < 4.78 is 23.4. The highest BCUT2D eigenvalue weighted by molar-refractivity contribution is 6.61. The van der Waals surface area contributed by atoms with Crippen LogP contribution in [0.5, 0.6) is 5.75 Å². The molecule has 0 fully saturated rings. The van der Waals surface area contributed by atoms with E-state index >= 15 is 0 Å². The molecular formula is C14H24BFO5. The van der Waals surface area contributed by atoms with Crippen LogP contribution in [0.4, 0.5) is 4.39 Å². The Bertz CT molecular complexity index is 401. The van der Waals surface area contributed by atoms with Crippen molar-refractivity contribution in [1.82, 2.24) is 0 Å². The van der Waals surface area contributed by atoms with Crippen molar-refractivity contribution in [2.24, 2.45) is 0 Å². The standard InChI is InChI=1S/C9H8BFO4.2C2H6.CH4O/c11-9-7(14-4-3-12)2-1-6-5-15-10(13)8(6)9;3*1-2/h1-3,13H,4-5H2;2*1-2H3;2H,1H3. The molecule has 0 saturated carbocycles. The zero-order chi connectivity index (χ0) is 16.8. The molecule has 2 rings (SSSR count). The van der Waals surface area contributed by atoms with Gasteiger partial charge in [-0.3, -0.25) is 4.79 Å². The number of rotatable bonds is 3. The summed E-state index contributed by atoms with van der Waals surface area (Å²) in [6.07, 6.45) is 0.527. The maximum absolute atomic E-state index is 13.7. The predicted molar refractivity (Wildman–Crippen MR) is 81.2 cm³/mol. The summed E-state index contributed by atoms with van der Waals surface area (Å²) in [5, 5.41) is 16.3. The van der Waals surface area contributed by atoms with Gasteiger partial charge in [-0.05, 0) is 11.6 Å². The van der Waals surface area contributed by atoms with E-state index in [2.05, 4.69) is 0 Å². The predicted octanol–water partition coefficient (Wildman–Crippen LogP) is 1.28. The number of benzene rings is 1. The molecule has 0 spiro atoms. The Balaban J connectivity index is 0. The van der Waals surface area contributed by atoms with E-state index in [0.29, 0.717) is 11.8 Å². The number of ether oxygens (including phenoxy) is 1. The summed E-state index contributed by atoms with van der Waals surface area (Å²) in [5.41, 5.74) is 0.692. The molecule has 0 aromatic heterocycles. The first-order chi connectivity index (χ1) is 10.2. The summed E-state index contributed by atoms with van der Waals surface area (Å²) in [4.78, 5) is 10.1. The Labute approximate surface area is 125 Å². The van der Waals surface area contributed by atoms with Crippen molar-refractivity contribution in [2.45, 2.75) is 34.3 Å². The number of carbonyl (C=O) groups is 1. The number of aldehydes is 1. The number of aliphatic hydroxyl groups is 1. The van der Waals surface area contributed by atoms with Gasteiger partial charge in [0.2, 0.25) is 0 Å². The summed E-state index contributed by atoms with van der Waals surface area (Å²) in [5.74, 6) is -0.718. The highest BCUT2D eigenvalue weighted by Crippen LogP contribution is 2.20. The Hall–Kier alpha value is -1.44. The molecule has 5 nitrogen and oxygen atoms in total.